The highest BCUT2D eigenvalue weighted by molar-refractivity contribution is 5.96. The van der Waals surface area contributed by atoms with E-state index in [1.807, 2.05) is 13.6 Å². The van der Waals surface area contributed by atoms with E-state index in [2.05, 4.69) is 18.8 Å². The van der Waals surface area contributed by atoms with Crippen LogP contribution in [0, 0.1) is 17.3 Å². The molecule has 0 amide bonds. The highest BCUT2D eigenvalue weighted by atomic mass is 19.4. The molecule has 0 N–H and O–H groups in total. The number of Topliss-reactive ketones (excluding diaryl/α,β-unsaturated/α-hetero) is 1. The van der Waals surface area contributed by atoms with Crippen molar-refractivity contribution < 1.29 is 37.8 Å². The third kappa shape index (κ3) is 10.1. The van der Waals surface area contributed by atoms with Crippen molar-refractivity contribution in [2.75, 3.05) is 0 Å². The molecule has 0 spiro atoms. The minimum atomic E-state index is -4.34. The molecule has 1 aromatic carbocycles. The summed E-state index contributed by atoms with van der Waals surface area (Å²) in [4.78, 5) is 32.0. The Balaban J connectivity index is 0. The first kappa shape index (κ1) is 35.0. The maximum absolute atomic E-state index is 13.4. The SMILES string of the molecule is C.C=O.C=O.CC(F)(F)c1cc(C(=O)CCCC2CC(C(C)(C)Cc3cccc(C(F)(F)F)c3)C2)ccn1.[HH]. The predicted octanol–water partition coefficient (Wildman–Crippen LogP) is 8.37. The third-order valence-corrected chi connectivity index (χ3v) is 6.80. The zero-order chi connectivity index (χ0) is 28.4. The van der Waals surface area contributed by atoms with Crippen LogP contribution in [0.2, 0.25) is 0 Å². The molecule has 0 saturated heterocycles. The number of carbonyl (C=O) groups excluding carboxylic acids is 3. The molecule has 0 radical (unpaired) electrons. The fourth-order valence-electron chi connectivity index (χ4n) is 4.68. The number of alkyl halides is 5. The normalized spacial score (nSPS) is 16.9. The summed E-state index contributed by atoms with van der Waals surface area (Å²) in [5.41, 5.74) is -0.183. The quantitative estimate of drug-likeness (QED) is 0.235. The van der Waals surface area contributed by atoms with Crippen molar-refractivity contribution in [1.82, 2.24) is 4.98 Å². The molecule has 1 aliphatic carbocycles. The number of carbonyl (C=O) groups is 3. The van der Waals surface area contributed by atoms with Gasteiger partial charge >= 0.3 is 6.18 Å². The van der Waals surface area contributed by atoms with Gasteiger partial charge in [-0.3, -0.25) is 9.78 Å². The molecule has 0 unspecified atom stereocenters. The van der Waals surface area contributed by atoms with Crippen molar-refractivity contribution in [1.29, 1.82) is 0 Å². The molecule has 38 heavy (non-hydrogen) atoms. The topological polar surface area (TPSA) is 64.1 Å². The zero-order valence-electron chi connectivity index (χ0n) is 21.4. The molecule has 1 saturated carbocycles. The molecule has 1 fully saturated rings. The Kier molecular flexibility index (Phi) is 13.7. The highest BCUT2D eigenvalue weighted by Gasteiger charge is 2.40. The van der Waals surface area contributed by atoms with Crippen LogP contribution in [0.3, 0.4) is 0 Å². The van der Waals surface area contributed by atoms with E-state index in [0.717, 1.165) is 38.3 Å². The molecule has 0 atom stereocenters. The molecule has 1 aliphatic rings. The lowest BCUT2D eigenvalue weighted by atomic mass is 9.59. The van der Waals surface area contributed by atoms with Crippen LogP contribution in [0.5, 0.6) is 0 Å². The minimum Gasteiger partial charge on any atom is -0.307 e. The second kappa shape index (κ2) is 14.8. The Morgan fingerprint density at radius 1 is 1.00 bits per heavy atom. The number of pyridine rings is 1. The largest absolute Gasteiger partial charge is 0.416 e. The number of hydrogen-bond donors (Lipinski definition) is 0. The second-order valence-electron chi connectivity index (χ2n) is 10.0. The standard InChI is InChI=1S/C26H30F5NO.2CH2O.CH4.H2/c1-24(2,16-18-7-4-8-20(14-18)26(29,30)31)21-12-17(13-21)6-5-9-22(33)19-10-11-32-23(15-19)25(3,27)28;2*1-2;;/h4,7-8,10-11,14-15,17,21H,5-6,9,12-13,16H2,1-3H3;2*1H2;1H4;1H. The summed E-state index contributed by atoms with van der Waals surface area (Å²) in [5, 5.41) is 0. The summed E-state index contributed by atoms with van der Waals surface area (Å²) in [7, 11) is 0. The zero-order valence-corrected chi connectivity index (χ0v) is 21.4. The van der Waals surface area contributed by atoms with E-state index < -0.39 is 23.4 Å². The number of hydrogen-bond acceptors (Lipinski definition) is 4. The maximum Gasteiger partial charge on any atom is 0.416 e. The van der Waals surface area contributed by atoms with Crippen molar-refractivity contribution in [2.24, 2.45) is 17.3 Å². The van der Waals surface area contributed by atoms with Gasteiger partial charge in [-0.2, -0.15) is 22.0 Å². The number of halogens is 5. The van der Waals surface area contributed by atoms with Gasteiger partial charge in [0, 0.05) is 26.5 Å². The molecule has 2 aromatic rings. The van der Waals surface area contributed by atoms with E-state index in [9.17, 15) is 26.7 Å². The van der Waals surface area contributed by atoms with Crippen molar-refractivity contribution >= 4 is 19.4 Å². The van der Waals surface area contributed by atoms with Gasteiger partial charge in [0.15, 0.2) is 5.78 Å². The van der Waals surface area contributed by atoms with Gasteiger partial charge in [-0.25, -0.2) is 0 Å². The van der Waals surface area contributed by atoms with Crippen molar-refractivity contribution in [3.8, 4) is 0 Å². The Morgan fingerprint density at radius 3 is 2.16 bits per heavy atom. The maximum atomic E-state index is 13.4. The fourth-order valence-corrected chi connectivity index (χ4v) is 4.68. The van der Waals surface area contributed by atoms with Crippen LogP contribution in [0.15, 0.2) is 42.6 Å². The van der Waals surface area contributed by atoms with Gasteiger partial charge in [-0.1, -0.05) is 39.5 Å². The molecule has 0 aliphatic heterocycles. The van der Waals surface area contributed by atoms with E-state index in [0.29, 0.717) is 36.7 Å². The van der Waals surface area contributed by atoms with Crippen molar-refractivity contribution in [3.05, 3.63) is 65.0 Å². The predicted molar refractivity (Wildman–Crippen MR) is 140 cm³/mol. The Labute approximate surface area is 223 Å². The summed E-state index contributed by atoms with van der Waals surface area (Å²) in [6.45, 7) is 8.95. The van der Waals surface area contributed by atoms with Gasteiger partial charge in [0.05, 0.1) is 5.56 Å². The highest BCUT2D eigenvalue weighted by Crippen LogP contribution is 2.49. The van der Waals surface area contributed by atoms with Crippen LogP contribution in [0.1, 0.15) is 88.9 Å². The van der Waals surface area contributed by atoms with Crippen molar-refractivity contribution in [3.63, 3.8) is 0 Å². The van der Waals surface area contributed by atoms with Gasteiger partial charge in [0.1, 0.15) is 19.3 Å². The van der Waals surface area contributed by atoms with Crippen LogP contribution in [-0.4, -0.2) is 24.3 Å². The number of nitrogens with zero attached hydrogens (tertiary/aromatic N) is 1. The van der Waals surface area contributed by atoms with E-state index in [-0.39, 0.29) is 25.6 Å². The fraction of sp³-hybridized carbons (Fsp3) is 0.517. The number of aromatic nitrogens is 1. The Morgan fingerprint density at radius 2 is 1.61 bits per heavy atom. The van der Waals surface area contributed by atoms with Gasteiger partial charge in [0.2, 0.25) is 0 Å². The van der Waals surface area contributed by atoms with Gasteiger partial charge in [-0.15, -0.1) is 0 Å². The molecule has 3 rings (SSSR count). The van der Waals surface area contributed by atoms with Gasteiger partial charge in [0.25, 0.3) is 5.92 Å². The van der Waals surface area contributed by atoms with Crippen LogP contribution in [0.4, 0.5) is 22.0 Å². The molecule has 4 nitrogen and oxygen atoms in total. The molecule has 1 heterocycles. The average Bonchev–Trinajstić information content (AvgIpc) is 2.81. The number of ketones is 1. The van der Waals surface area contributed by atoms with Crippen LogP contribution >= 0.6 is 0 Å². The lowest BCUT2D eigenvalue weighted by Gasteiger charge is -2.46. The van der Waals surface area contributed by atoms with E-state index in [1.165, 1.54) is 24.4 Å². The first-order valence-electron chi connectivity index (χ1n) is 11.9. The average molecular weight is 546 g/mol. The van der Waals surface area contributed by atoms with Crippen LogP contribution < -0.4 is 0 Å². The molecule has 0 bridgehead atoms. The van der Waals surface area contributed by atoms with Crippen LogP contribution in [0.25, 0.3) is 0 Å². The Bertz CT molecular complexity index is 1020. The van der Waals surface area contributed by atoms with E-state index >= 15 is 0 Å². The minimum absolute atomic E-state index is 0. The molecular weight excluding hydrogens is 505 g/mol. The second-order valence-corrected chi connectivity index (χ2v) is 10.0. The first-order valence-corrected chi connectivity index (χ1v) is 11.9. The van der Waals surface area contributed by atoms with Crippen LogP contribution in [-0.2, 0) is 28.1 Å². The summed E-state index contributed by atoms with van der Waals surface area (Å²) in [5.74, 6) is -2.35. The summed E-state index contributed by atoms with van der Waals surface area (Å²) in [6, 6.07) is 8.17. The summed E-state index contributed by atoms with van der Waals surface area (Å²) in [6.07, 6.45) is 1.32. The lowest BCUT2D eigenvalue weighted by Crippen LogP contribution is -2.37. The molecule has 214 valence electrons. The van der Waals surface area contributed by atoms with Gasteiger partial charge < -0.3 is 9.59 Å². The van der Waals surface area contributed by atoms with E-state index in [1.54, 1.807) is 6.07 Å². The molecular formula is C29H40F5NO3. The van der Waals surface area contributed by atoms with E-state index in [4.69, 9.17) is 9.59 Å². The van der Waals surface area contributed by atoms with Gasteiger partial charge in [-0.05, 0) is 73.1 Å². The molecule has 9 heteroatoms. The first-order chi connectivity index (χ1) is 17.3. The molecule has 1 aromatic heterocycles. The third-order valence-electron chi connectivity index (χ3n) is 6.80. The lowest BCUT2D eigenvalue weighted by molar-refractivity contribution is -0.137. The number of benzene rings is 1. The monoisotopic (exact) mass is 545 g/mol. The smallest absolute Gasteiger partial charge is 0.307 e. The number of rotatable bonds is 9. The van der Waals surface area contributed by atoms with Crippen molar-refractivity contribution in [2.45, 2.75) is 78.8 Å². The summed E-state index contributed by atoms with van der Waals surface area (Å²) >= 11 is 0. The summed E-state index contributed by atoms with van der Waals surface area (Å²) < 4.78 is 65.8. The Hall–Kier alpha value is -2.97.